The highest BCUT2D eigenvalue weighted by atomic mass is 32.1. The van der Waals surface area contributed by atoms with Gasteiger partial charge in [-0.05, 0) is 56.5 Å². The van der Waals surface area contributed by atoms with Crippen LogP contribution in [0, 0.1) is 6.92 Å². The molecule has 0 amide bonds. The third kappa shape index (κ3) is 3.98. The molecule has 3 heterocycles. The second kappa shape index (κ2) is 9.12. The van der Waals surface area contributed by atoms with E-state index in [9.17, 15) is 9.90 Å². The van der Waals surface area contributed by atoms with Crippen LogP contribution in [-0.2, 0) is 6.42 Å². The van der Waals surface area contributed by atoms with Gasteiger partial charge in [-0.2, -0.15) is 0 Å². The number of aryl methyl sites for hydroxylation is 2. The number of phenols is 1. The molecule has 0 bridgehead atoms. The fourth-order valence-electron chi connectivity index (χ4n) is 4.87. The van der Waals surface area contributed by atoms with Gasteiger partial charge in [-0.25, -0.2) is 4.98 Å². The average molecular weight is 461 g/mol. The van der Waals surface area contributed by atoms with E-state index in [4.69, 9.17) is 4.42 Å². The van der Waals surface area contributed by atoms with Gasteiger partial charge in [0, 0.05) is 11.1 Å². The number of thiazole rings is 1. The number of aromatic hydroxyl groups is 1. The molecule has 1 aliphatic rings. The van der Waals surface area contributed by atoms with E-state index >= 15 is 0 Å². The Morgan fingerprint density at radius 2 is 1.94 bits per heavy atom. The molecule has 5 nitrogen and oxygen atoms in total. The molecule has 4 aromatic rings. The van der Waals surface area contributed by atoms with Gasteiger partial charge in [-0.1, -0.05) is 43.7 Å². The van der Waals surface area contributed by atoms with Crippen molar-refractivity contribution in [3.05, 3.63) is 80.6 Å². The topological polar surface area (TPSA) is 66.6 Å². The first-order valence-electron chi connectivity index (χ1n) is 11.6. The van der Waals surface area contributed by atoms with Gasteiger partial charge in [-0.3, -0.25) is 9.69 Å². The fourth-order valence-corrected chi connectivity index (χ4v) is 5.67. The van der Waals surface area contributed by atoms with Gasteiger partial charge in [0.2, 0.25) is 5.43 Å². The van der Waals surface area contributed by atoms with E-state index in [-0.39, 0.29) is 17.2 Å². The fraction of sp³-hybridized carbons (Fsp3) is 0.333. The lowest BCUT2D eigenvalue weighted by atomic mass is 9.90. The first-order chi connectivity index (χ1) is 16.1. The summed E-state index contributed by atoms with van der Waals surface area (Å²) in [7, 11) is 0. The van der Waals surface area contributed by atoms with Gasteiger partial charge in [0.25, 0.3) is 0 Å². The Labute approximate surface area is 197 Å². The molecule has 2 aromatic carbocycles. The standard InChI is InChI=1S/C27H28N2O3S/c1-3-18-14-20-25(31)21(27-28-17(2)16-33-27)15-32-26(20)22(24(18)30)23(19-10-6-4-7-11-19)29-12-8-5-9-13-29/h4,6-7,10-11,14-16,23,30H,3,5,8-9,12-13H2,1-2H3/t23-/m0/s1. The Hall–Kier alpha value is -2.96. The van der Waals surface area contributed by atoms with E-state index in [2.05, 4.69) is 22.0 Å². The zero-order valence-corrected chi connectivity index (χ0v) is 19.8. The van der Waals surface area contributed by atoms with Crippen LogP contribution in [0.5, 0.6) is 5.75 Å². The summed E-state index contributed by atoms with van der Waals surface area (Å²) in [6.07, 6.45) is 5.58. The van der Waals surface area contributed by atoms with Crippen LogP contribution in [0.3, 0.4) is 0 Å². The van der Waals surface area contributed by atoms with Crippen molar-refractivity contribution < 1.29 is 9.52 Å². The Morgan fingerprint density at radius 1 is 1.18 bits per heavy atom. The number of fused-ring (bicyclic) bond motifs is 1. The van der Waals surface area contributed by atoms with E-state index < -0.39 is 0 Å². The first kappa shape index (κ1) is 21.9. The molecule has 1 atom stereocenters. The summed E-state index contributed by atoms with van der Waals surface area (Å²) in [5.41, 5.74) is 4.24. The number of rotatable bonds is 5. The minimum atomic E-state index is -0.184. The predicted octanol–water partition coefficient (Wildman–Crippen LogP) is 6.07. The van der Waals surface area contributed by atoms with Crippen LogP contribution in [0.2, 0.25) is 0 Å². The number of piperidine rings is 1. The van der Waals surface area contributed by atoms with E-state index in [1.807, 2.05) is 37.4 Å². The third-order valence-corrected chi connectivity index (χ3v) is 7.52. The Morgan fingerprint density at radius 3 is 2.61 bits per heavy atom. The smallest absolute Gasteiger partial charge is 0.202 e. The van der Waals surface area contributed by atoms with Crippen LogP contribution in [0.15, 0.2) is 57.3 Å². The van der Waals surface area contributed by atoms with Gasteiger partial charge < -0.3 is 9.52 Å². The van der Waals surface area contributed by atoms with Crippen LogP contribution in [-0.4, -0.2) is 28.1 Å². The van der Waals surface area contributed by atoms with E-state index in [0.717, 1.165) is 42.8 Å². The second-order valence-electron chi connectivity index (χ2n) is 8.71. The molecule has 2 aromatic heterocycles. The largest absolute Gasteiger partial charge is 0.507 e. The van der Waals surface area contributed by atoms with Crippen LogP contribution in [0.25, 0.3) is 21.5 Å². The molecule has 0 radical (unpaired) electrons. The molecule has 0 saturated carbocycles. The lowest BCUT2D eigenvalue weighted by molar-refractivity contribution is 0.185. The van der Waals surface area contributed by atoms with Gasteiger partial charge >= 0.3 is 0 Å². The molecule has 0 aliphatic carbocycles. The van der Waals surface area contributed by atoms with Crippen molar-refractivity contribution in [2.24, 2.45) is 0 Å². The number of aromatic nitrogens is 1. The Bertz CT molecular complexity index is 1340. The van der Waals surface area contributed by atoms with Gasteiger partial charge in [0.05, 0.1) is 22.6 Å². The van der Waals surface area contributed by atoms with Crippen molar-refractivity contribution in [1.29, 1.82) is 0 Å². The molecule has 6 heteroatoms. The molecule has 33 heavy (non-hydrogen) atoms. The van der Waals surface area contributed by atoms with Crippen molar-refractivity contribution in [3.8, 4) is 16.3 Å². The van der Waals surface area contributed by atoms with E-state index in [0.29, 0.717) is 33.5 Å². The average Bonchev–Trinajstić information content (AvgIpc) is 3.28. The predicted molar refractivity (Wildman–Crippen MR) is 133 cm³/mol. The molecule has 170 valence electrons. The summed E-state index contributed by atoms with van der Waals surface area (Å²) in [6.45, 7) is 5.80. The summed E-state index contributed by atoms with van der Waals surface area (Å²) in [5, 5.41) is 14.5. The lowest BCUT2D eigenvalue weighted by Gasteiger charge is -2.36. The molecule has 1 saturated heterocycles. The molecule has 0 spiro atoms. The highest BCUT2D eigenvalue weighted by Gasteiger charge is 2.31. The van der Waals surface area contributed by atoms with Crippen LogP contribution in [0.4, 0.5) is 0 Å². The van der Waals surface area contributed by atoms with Gasteiger partial charge in [0.1, 0.15) is 22.6 Å². The minimum absolute atomic E-state index is 0.105. The minimum Gasteiger partial charge on any atom is -0.507 e. The van der Waals surface area contributed by atoms with Crippen LogP contribution in [0.1, 0.15) is 54.6 Å². The summed E-state index contributed by atoms with van der Waals surface area (Å²) >= 11 is 1.44. The number of benzene rings is 2. The summed E-state index contributed by atoms with van der Waals surface area (Å²) in [4.78, 5) is 20.5. The Balaban J connectivity index is 1.79. The van der Waals surface area contributed by atoms with E-state index in [1.54, 1.807) is 6.07 Å². The molecule has 0 unspecified atom stereocenters. The maximum absolute atomic E-state index is 13.6. The zero-order valence-electron chi connectivity index (χ0n) is 19.0. The first-order valence-corrected chi connectivity index (χ1v) is 12.5. The quantitative estimate of drug-likeness (QED) is 0.392. The maximum atomic E-state index is 13.6. The monoisotopic (exact) mass is 460 g/mol. The molecular formula is C27H28N2O3S. The molecular weight excluding hydrogens is 432 g/mol. The highest BCUT2D eigenvalue weighted by molar-refractivity contribution is 7.13. The van der Waals surface area contributed by atoms with Crippen molar-refractivity contribution in [2.75, 3.05) is 13.1 Å². The summed E-state index contributed by atoms with van der Waals surface area (Å²) < 4.78 is 6.17. The normalized spacial score (nSPS) is 15.7. The number of nitrogens with zero attached hydrogens (tertiary/aromatic N) is 2. The van der Waals surface area contributed by atoms with Crippen LogP contribution < -0.4 is 5.43 Å². The Kier molecular flexibility index (Phi) is 6.04. The van der Waals surface area contributed by atoms with Gasteiger partial charge in [0.15, 0.2) is 0 Å². The molecule has 5 rings (SSSR count). The maximum Gasteiger partial charge on any atom is 0.202 e. The van der Waals surface area contributed by atoms with Gasteiger partial charge in [-0.15, -0.1) is 11.3 Å². The van der Waals surface area contributed by atoms with Crippen molar-refractivity contribution >= 4 is 22.3 Å². The molecule has 1 fully saturated rings. The zero-order chi connectivity index (χ0) is 22.9. The SMILES string of the molecule is CCc1cc2c(=O)c(-c3nc(C)cs3)coc2c([C@H](c2ccccc2)N2CCCCC2)c1O. The number of phenolic OH excluding ortho intramolecular Hbond substituents is 1. The second-order valence-corrected chi connectivity index (χ2v) is 9.57. The third-order valence-electron chi connectivity index (χ3n) is 6.53. The van der Waals surface area contributed by atoms with Crippen LogP contribution >= 0.6 is 11.3 Å². The van der Waals surface area contributed by atoms with E-state index in [1.165, 1.54) is 24.0 Å². The lowest BCUT2D eigenvalue weighted by Crippen LogP contribution is -2.34. The number of hydrogen-bond acceptors (Lipinski definition) is 6. The number of likely N-dealkylation sites (tertiary alicyclic amines) is 1. The van der Waals surface area contributed by atoms with Crippen molar-refractivity contribution in [1.82, 2.24) is 9.88 Å². The van der Waals surface area contributed by atoms with Crippen molar-refractivity contribution in [3.63, 3.8) is 0 Å². The number of hydrogen-bond donors (Lipinski definition) is 1. The summed E-state index contributed by atoms with van der Waals surface area (Å²) in [6, 6.07) is 11.8. The molecule has 1 aliphatic heterocycles. The molecule has 1 N–H and O–H groups in total. The highest BCUT2D eigenvalue weighted by Crippen LogP contribution is 2.42. The summed E-state index contributed by atoms with van der Waals surface area (Å²) in [5.74, 6) is 0.227. The van der Waals surface area contributed by atoms with Crippen molar-refractivity contribution in [2.45, 2.75) is 45.6 Å².